The maximum absolute atomic E-state index is 12.4. The Bertz CT molecular complexity index is 349. The first-order chi connectivity index (χ1) is 9.60. The first-order valence-corrected chi connectivity index (χ1v) is 7.47. The lowest BCUT2D eigenvalue weighted by Gasteiger charge is -2.35. The smallest absolute Gasteiger partial charge is 0.329 e. The second-order valence-electron chi connectivity index (χ2n) is 5.66. The molecule has 114 valence electrons. The third kappa shape index (κ3) is 4.37. The molecule has 0 bridgehead atoms. The summed E-state index contributed by atoms with van der Waals surface area (Å²) in [6.45, 7) is 4.72. The van der Waals surface area contributed by atoms with Gasteiger partial charge in [0.2, 0.25) is 0 Å². The van der Waals surface area contributed by atoms with Gasteiger partial charge in [-0.2, -0.15) is 0 Å². The van der Waals surface area contributed by atoms with Crippen LogP contribution < -0.4 is 0 Å². The molecule has 0 spiro atoms. The predicted octanol–water partition coefficient (Wildman–Crippen LogP) is 1.40. The van der Waals surface area contributed by atoms with Crippen molar-refractivity contribution in [2.75, 3.05) is 32.8 Å². The van der Waals surface area contributed by atoms with Crippen molar-refractivity contribution in [1.29, 1.82) is 0 Å². The molecule has 1 aliphatic carbocycles. The second-order valence-corrected chi connectivity index (χ2v) is 5.66. The Labute approximate surface area is 119 Å². The number of rotatable bonds is 6. The Hall–Kier alpha value is -1.30. The molecule has 1 N–H and O–H groups in total. The zero-order chi connectivity index (χ0) is 14.5. The van der Waals surface area contributed by atoms with E-state index >= 15 is 0 Å². The Kier molecular flexibility index (Phi) is 5.23. The van der Waals surface area contributed by atoms with Gasteiger partial charge in [-0.05, 0) is 38.5 Å². The molecule has 2 rings (SSSR count). The number of likely N-dealkylation sites (tertiary alicyclic amines) is 1. The maximum Gasteiger partial charge on any atom is 0.329 e. The van der Waals surface area contributed by atoms with Gasteiger partial charge < -0.3 is 19.6 Å². The minimum Gasteiger partial charge on any atom is -0.480 e. The van der Waals surface area contributed by atoms with Crippen LogP contribution in [0.5, 0.6) is 0 Å². The number of carboxylic acids is 1. The molecular formula is C14H24N2O4. The highest BCUT2D eigenvalue weighted by atomic mass is 16.5. The number of carbonyl (C=O) groups is 2. The third-order valence-corrected chi connectivity index (χ3v) is 3.98. The van der Waals surface area contributed by atoms with Gasteiger partial charge in [-0.15, -0.1) is 0 Å². The third-order valence-electron chi connectivity index (χ3n) is 3.98. The summed E-state index contributed by atoms with van der Waals surface area (Å²) in [5.74, 6) is -0.236. The molecule has 0 radical (unpaired) electrons. The van der Waals surface area contributed by atoms with E-state index in [4.69, 9.17) is 9.84 Å². The van der Waals surface area contributed by atoms with Crippen LogP contribution in [0.4, 0.5) is 4.79 Å². The van der Waals surface area contributed by atoms with Gasteiger partial charge in [0, 0.05) is 26.2 Å². The van der Waals surface area contributed by atoms with Crippen molar-refractivity contribution in [2.45, 2.75) is 38.7 Å². The monoisotopic (exact) mass is 284 g/mol. The Morgan fingerprint density at radius 2 is 1.90 bits per heavy atom. The lowest BCUT2D eigenvalue weighted by atomic mass is 10.1. The highest BCUT2D eigenvalue weighted by Crippen LogP contribution is 2.30. The zero-order valence-corrected chi connectivity index (χ0v) is 12.1. The molecule has 6 heteroatoms. The average molecular weight is 284 g/mol. The molecule has 1 heterocycles. The summed E-state index contributed by atoms with van der Waals surface area (Å²) in [5.41, 5.74) is 0. The van der Waals surface area contributed by atoms with Crippen molar-refractivity contribution in [3.63, 3.8) is 0 Å². The fourth-order valence-corrected chi connectivity index (χ4v) is 2.56. The molecule has 2 aliphatic rings. The van der Waals surface area contributed by atoms with E-state index in [0.29, 0.717) is 19.0 Å². The summed E-state index contributed by atoms with van der Waals surface area (Å²) in [7, 11) is 0. The van der Waals surface area contributed by atoms with E-state index in [1.54, 1.807) is 0 Å². The molecule has 0 unspecified atom stereocenters. The van der Waals surface area contributed by atoms with E-state index in [1.165, 1.54) is 12.8 Å². The number of carboxylic acid groups (broad SMARTS) is 1. The Morgan fingerprint density at radius 1 is 1.25 bits per heavy atom. The number of hydrogen-bond donors (Lipinski definition) is 1. The minimum absolute atomic E-state index is 0.0336. The quantitative estimate of drug-likeness (QED) is 0.800. The van der Waals surface area contributed by atoms with E-state index in [0.717, 1.165) is 25.9 Å². The van der Waals surface area contributed by atoms with Crippen LogP contribution in [-0.2, 0) is 9.53 Å². The molecule has 0 aromatic heterocycles. The molecule has 20 heavy (non-hydrogen) atoms. The summed E-state index contributed by atoms with van der Waals surface area (Å²) in [6.07, 6.45) is 3.90. The van der Waals surface area contributed by atoms with Crippen LogP contribution in [0.1, 0.15) is 32.6 Å². The van der Waals surface area contributed by atoms with Crippen LogP contribution in [-0.4, -0.2) is 65.8 Å². The highest BCUT2D eigenvalue weighted by molar-refractivity contribution is 5.74. The molecule has 0 aromatic carbocycles. The van der Waals surface area contributed by atoms with Crippen LogP contribution in [0.3, 0.4) is 0 Å². The van der Waals surface area contributed by atoms with Crippen LogP contribution in [0.15, 0.2) is 0 Å². The zero-order valence-electron chi connectivity index (χ0n) is 12.1. The van der Waals surface area contributed by atoms with Crippen molar-refractivity contribution in [3.05, 3.63) is 0 Å². The first kappa shape index (κ1) is 15.1. The molecule has 1 aliphatic heterocycles. The summed E-state index contributed by atoms with van der Waals surface area (Å²) in [5, 5.41) is 8.58. The van der Waals surface area contributed by atoms with Gasteiger partial charge in [0.1, 0.15) is 6.61 Å². The minimum atomic E-state index is -0.940. The van der Waals surface area contributed by atoms with Crippen LogP contribution >= 0.6 is 0 Å². The molecule has 1 saturated carbocycles. The predicted molar refractivity (Wildman–Crippen MR) is 73.5 cm³/mol. The molecule has 2 fully saturated rings. The van der Waals surface area contributed by atoms with E-state index in [1.807, 2.05) is 16.7 Å². The SMILES string of the molecule is CCN(CC1CC1)C(=O)N1CCC(OCC(=O)O)CC1. The van der Waals surface area contributed by atoms with E-state index < -0.39 is 5.97 Å². The first-order valence-electron chi connectivity index (χ1n) is 7.47. The fourth-order valence-electron chi connectivity index (χ4n) is 2.56. The Morgan fingerprint density at radius 3 is 2.40 bits per heavy atom. The molecule has 0 atom stereocenters. The van der Waals surface area contributed by atoms with Crippen molar-refractivity contribution >= 4 is 12.0 Å². The van der Waals surface area contributed by atoms with Gasteiger partial charge in [-0.1, -0.05) is 0 Å². The number of urea groups is 1. The van der Waals surface area contributed by atoms with Gasteiger partial charge in [-0.25, -0.2) is 9.59 Å². The molecule has 0 aromatic rings. The van der Waals surface area contributed by atoms with E-state index in [2.05, 4.69) is 0 Å². The molecular weight excluding hydrogens is 260 g/mol. The van der Waals surface area contributed by atoms with Crippen molar-refractivity contribution < 1.29 is 19.4 Å². The van der Waals surface area contributed by atoms with Gasteiger partial charge in [0.05, 0.1) is 6.10 Å². The lowest BCUT2D eigenvalue weighted by molar-refractivity contribution is -0.145. The normalized spacial score (nSPS) is 19.9. The number of ether oxygens (including phenoxy) is 1. The number of amides is 2. The number of nitrogens with zero attached hydrogens (tertiary/aromatic N) is 2. The van der Waals surface area contributed by atoms with Crippen LogP contribution in [0.2, 0.25) is 0 Å². The van der Waals surface area contributed by atoms with Crippen molar-refractivity contribution in [1.82, 2.24) is 9.80 Å². The average Bonchev–Trinajstić information content (AvgIpc) is 3.26. The number of hydrogen-bond acceptors (Lipinski definition) is 3. The number of carbonyl (C=O) groups excluding carboxylic acids is 1. The largest absolute Gasteiger partial charge is 0.480 e. The summed E-state index contributed by atoms with van der Waals surface area (Å²) in [6, 6.07) is 0.121. The standard InChI is InChI=1S/C14H24N2O4/c1-2-15(9-11-3-4-11)14(19)16-7-5-12(6-8-16)20-10-13(17)18/h11-12H,2-10H2,1H3,(H,17,18). The number of aliphatic carboxylic acids is 1. The maximum atomic E-state index is 12.4. The van der Waals surface area contributed by atoms with E-state index in [9.17, 15) is 9.59 Å². The molecule has 6 nitrogen and oxygen atoms in total. The van der Waals surface area contributed by atoms with Crippen molar-refractivity contribution in [2.24, 2.45) is 5.92 Å². The number of piperidine rings is 1. The van der Waals surface area contributed by atoms with Crippen LogP contribution in [0.25, 0.3) is 0 Å². The van der Waals surface area contributed by atoms with Crippen molar-refractivity contribution in [3.8, 4) is 0 Å². The second kappa shape index (κ2) is 6.92. The van der Waals surface area contributed by atoms with E-state index in [-0.39, 0.29) is 18.7 Å². The highest BCUT2D eigenvalue weighted by Gasteiger charge is 2.30. The summed E-state index contributed by atoms with van der Waals surface area (Å²) >= 11 is 0. The summed E-state index contributed by atoms with van der Waals surface area (Å²) in [4.78, 5) is 26.6. The Balaban J connectivity index is 1.73. The molecule has 2 amide bonds. The summed E-state index contributed by atoms with van der Waals surface area (Å²) < 4.78 is 5.28. The van der Waals surface area contributed by atoms with Gasteiger partial charge in [0.15, 0.2) is 0 Å². The fraction of sp³-hybridized carbons (Fsp3) is 0.857. The van der Waals surface area contributed by atoms with Gasteiger partial charge >= 0.3 is 12.0 Å². The lowest BCUT2D eigenvalue weighted by Crippen LogP contribution is -2.48. The molecule has 1 saturated heterocycles. The van der Waals surface area contributed by atoms with Crippen LogP contribution in [0, 0.1) is 5.92 Å². The van der Waals surface area contributed by atoms with Gasteiger partial charge in [-0.3, -0.25) is 0 Å². The van der Waals surface area contributed by atoms with Gasteiger partial charge in [0.25, 0.3) is 0 Å². The topological polar surface area (TPSA) is 70.1 Å².